The van der Waals surface area contributed by atoms with Crippen molar-refractivity contribution in [2.24, 2.45) is 0 Å². The van der Waals surface area contributed by atoms with Crippen LogP contribution in [-0.4, -0.2) is 8.07 Å². The van der Waals surface area contributed by atoms with Crippen molar-refractivity contribution in [3.8, 4) is 44.5 Å². The molecule has 6 aromatic rings. The first-order valence-electron chi connectivity index (χ1n) is 20.9. The maximum atomic E-state index is 2.82. The van der Waals surface area contributed by atoms with Gasteiger partial charge in [0.15, 0.2) is 0 Å². The van der Waals surface area contributed by atoms with Crippen molar-refractivity contribution in [2.75, 3.05) is 0 Å². The number of benzene rings is 6. The van der Waals surface area contributed by atoms with Gasteiger partial charge in [-0.05, 0) is 0 Å². The van der Waals surface area contributed by atoms with Gasteiger partial charge in [0.1, 0.15) is 0 Å². The third-order valence-electron chi connectivity index (χ3n) is 14.3. The Hall–Kier alpha value is -4.11. The van der Waals surface area contributed by atoms with E-state index in [1.165, 1.54) is 77.9 Å². The fourth-order valence-corrected chi connectivity index (χ4v) is 45.0. The maximum absolute atomic E-state index is 3.30. The Bertz CT molecular complexity index is 2410. The Morgan fingerprint density at radius 2 is 0.732 bits per heavy atom. The van der Waals surface area contributed by atoms with Gasteiger partial charge in [0.2, 0.25) is 0 Å². The van der Waals surface area contributed by atoms with Gasteiger partial charge in [0.05, 0.1) is 0 Å². The van der Waals surface area contributed by atoms with Crippen molar-refractivity contribution in [3.05, 3.63) is 176 Å². The quantitative estimate of drug-likeness (QED) is 0.146. The number of fused-ring (bicyclic) bond motifs is 6. The molecule has 0 radical (unpaired) electrons. The third-order valence-corrected chi connectivity index (χ3v) is 38.0. The van der Waals surface area contributed by atoms with Gasteiger partial charge in [-0.3, -0.25) is 0 Å². The summed E-state index contributed by atoms with van der Waals surface area (Å²) in [6, 6.07) is 46.6. The molecular formula is C54H56HfSi. The summed E-state index contributed by atoms with van der Waals surface area (Å²) in [4.78, 5) is 0. The Morgan fingerprint density at radius 3 is 1.09 bits per heavy atom. The van der Waals surface area contributed by atoms with E-state index in [0.717, 1.165) is 0 Å². The van der Waals surface area contributed by atoms with Crippen LogP contribution in [-0.2, 0) is 20.0 Å². The van der Waals surface area contributed by atoms with Gasteiger partial charge >= 0.3 is 344 Å². The van der Waals surface area contributed by atoms with Crippen LogP contribution in [0.4, 0.5) is 0 Å². The second kappa shape index (κ2) is 13.8. The molecule has 6 aromatic carbocycles. The van der Waals surface area contributed by atoms with E-state index in [1.807, 2.05) is 10.4 Å². The molecule has 0 aromatic heterocycles. The van der Waals surface area contributed by atoms with Crippen molar-refractivity contribution < 1.29 is 20.0 Å². The molecule has 0 bridgehead atoms. The van der Waals surface area contributed by atoms with Crippen LogP contribution in [0.2, 0.25) is 20.4 Å². The summed E-state index contributed by atoms with van der Waals surface area (Å²) in [6.07, 6.45) is 5.59. The van der Waals surface area contributed by atoms with Gasteiger partial charge in [-0.1, -0.05) is 0 Å². The molecule has 1 saturated heterocycles. The molecule has 2 heteroatoms. The molecule has 0 N–H and O–H groups in total. The fourth-order valence-electron chi connectivity index (χ4n) is 12.3. The summed E-state index contributed by atoms with van der Waals surface area (Å²) < 4.78 is 6.81. The molecule has 280 valence electrons. The average molecular weight is 912 g/mol. The summed E-state index contributed by atoms with van der Waals surface area (Å²) in [5.41, 5.74) is 23.8. The van der Waals surface area contributed by atoms with Gasteiger partial charge in [-0.2, -0.15) is 0 Å². The molecular weight excluding hydrogens is 855 g/mol. The van der Waals surface area contributed by atoms with Crippen LogP contribution < -0.4 is 0 Å². The fraction of sp³-hybridized carbons (Fsp3) is 0.259. The van der Waals surface area contributed by atoms with E-state index in [1.54, 1.807) is 11.1 Å². The molecule has 1 heterocycles. The second-order valence-electron chi connectivity index (χ2n) is 18.3. The normalized spacial score (nSPS) is 18.6. The Labute approximate surface area is 341 Å². The zero-order valence-corrected chi connectivity index (χ0v) is 39.6. The van der Waals surface area contributed by atoms with Gasteiger partial charge in [-0.25, -0.2) is 0 Å². The predicted octanol–water partition coefficient (Wildman–Crippen LogP) is 15.8. The summed E-state index contributed by atoms with van der Waals surface area (Å²) in [5.74, 6) is 0. The number of hydrogen-bond donors (Lipinski definition) is 0. The van der Waals surface area contributed by atoms with Gasteiger partial charge < -0.3 is 0 Å². The Balaban J connectivity index is 1.28. The van der Waals surface area contributed by atoms with Gasteiger partial charge in [-0.15, -0.1) is 0 Å². The Kier molecular flexibility index (Phi) is 9.21. The SMILES string of the molecule is Cc1cccc(C)c1-c1ccccc1-c1cccc2c1C=C1[CH]2[Hf]([CH3])([CH3])[CH]2C(=Cc3c(-c4ccccc4-c4c(C)cccc4C)cccc32)[Si]1(C(C)C)C(C)C. The van der Waals surface area contributed by atoms with Crippen LogP contribution in [0.15, 0.2) is 132 Å². The molecule has 0 nitrogen and oxygen atoms in total. The first kappa shape index (κ1) is 37.5. The molecule has 2 aliphatic carbocycles. The molecule has 0 spiro atoms. The first-order valence-corrected chi connectivity index (χ1v) is 34.4. The van der Waals surface area contributed by atoms with Crippen LogP contribution >= 0.6 is 0 Å². The summed E-state index contributed by atoms with van der Waals surface area (Å²) >= 11 is -3.30. The van der Waals surface area contributed by atoms with Crippen LogP contribution in [0.25, 0.3) is 56.7 Å². The van der Waals surface area contributed by atoms with Crippen molar-refractivity contribution in [3.63, 3.8) is 0 Å². The molecule has 1 fully saturated rings. The van der Waals surface area contributed by atoms with Crippen LogP contribution in [0.1, 0.15) is 79.6 Å². The van der Waals surface area contributed by atoms with E-state index in [2.05, 4.69) is 198 Å². The van der Waals surface area contributed by atoms with Crippen molar-refractivity contribution in [1.29, 1.82) is 0 Å². The van der Waals surface area contributed by atoms with E-state index in [4.69, 9.17) is 0 Å². The van der Waals surface area contributed by atoms with Crippen LogP contribution in [0, 0.1) is 27.7 Å². The molecule has 2 unspecified atom stereocenters. The molecule has 0 amide bonds. The Morgan fingerprint density at radius 1 is 0.411 bits per heavy atom. The molecule has 9 rings (SSSR count). The van der Waals surface area contributed by atoms with E-state index < -0.39 is 28.0 Å². The van der Waals surface area contributed by atoms with E-state index >= 15 is 0 Å². The van der Waals surface area contributed by atoms with Crippen LogP contribution in [0.3, 0.4) is 0 Å². The van der Waals surface area contributed by atoms with Crippen molar-refractivity contribution in [1.82, 2.24) is 0 Å². The van der Waals surface area contributed by atoms with Gasteiger partial charge in [0, 0.05) is 0 Å². The summed E-state index contributed by atoms with van der Waals surface area (Å²) in [5, 5.41) is 3.71. The minimum absolute atomic E-state index is 0.583. The van der Waals surface area contributed by atoms with Crippen molar-refractivity contribution >= 4 is 20.2 Å². The standard InChI is InChI=1S/C52H50Si.2CH3.Hf/c1-33(2)53(34(3)4,41-29-39-21-15-27-45(49(39)31-41)43-23-9-11-25-47(43)51-35(5)17-13-18-36(51)6)42-30-40-22-16-28-46(50(40)32-42)44-24-10-12-26-48(44)52-37(7)19-14-20-38(52)8;;;/h9-34H,1-8H3;2*1H3;. The average Bonchev–Trinajstić information content (AvgIpc) is 3.76. The molecule has 56 heavy (non-hydrogen) atoms. The predicted molar refractivity (Wildman–Crippen MR) is 243 cm³/mol. The zero-order chi connectivity index (χ0) is 39.3. The number of allylic oxidation sites excluding steroid dienone is 2. The molecule has 1 aliphatic heterocycles. The first-order chi connectivity index (χ1) is 26.9. The van der Waals surface area contributed by atoms with Crippen molar-refractivity contribution in [2.45, 2.75) is 83.2 Å². The topological polar surface area (TPSA) is 0 Å². The number of aryl methyl sites for hydroxylation is 4. The van der Waals surface area contributed by atoms with E-state index in [9.17, 15) is 0 Å². The monoisotopic (exact) mass is 912 g/mol. The molecule has 3 aliphatic rings. The number of hydrogen-bond acceptors (Lipinski definition) is 0. The van der Waals surface area contributed by atoms with E-state index in [0.29, 0.717) is 18.4 Å². The summed E-state index contributed by atoms with van der Waals surface area (Å²) in [7, 11) is -2.24. The molecule has 2 atom stereocenters. The molecule has 0 saturated carbocycles. The number of rotatable bonds is 6. The minimum atomic E-state index is -3.30. The van der Waals surface area contributed by atoms with Gasteiger partial charge in [0.25, 0.3) is 0 Å². The second-order valence-corrected chi connectivity index (χ2v) is 40.7. The summed E-state index contributed by atoms with van der Waals surface area (Å²) in [6.45, 7) is 19.4. The van der Waals surface area contributed by atoms with E-state index in [-0.39, 0.29) is 0 Å². The third kappa shape index (κ3) is 5.31. The zero-order valence-electron chi connectivity index (χ0n) is 35.0. The van der Waals surface area contributed by atoms with Crippen LogP contribution in [0.5, 0.6) is 0 Å².